The Morgan fingerprint density at radius 2 is 2.13 bits per heavy atom. The van der Waals surface area contributed by atoms with Crippen LogP contribution in [0.5, 0.6) is 5.75 Å². The maximum Gasteiger partial charge on any atom is 0.337 e. The highest BCUT2D eigenvalue weighted by Gasteiger charge is 2.42. The predicted molar refractivity (Wildman–Crippen MR) is 85.4 cm³/mol. The van der Waals surface area contributed by atoms with Crippen LogP contribution in [0.4, 0.5) is 0 Å². The van der Waals surface area contributed by atoms with Gasteiger partial charge in [0.1, 0.15) is 5.75 Å². The molecule has 7 heteroatoms. The van der Waals surface area contributed by atoms with Crippen LogP contribution in [-0.2, 0) is 16.0 Å². The van der Waals surface area contributed by atoms with E-state index < -0.39 is 17.6 Å². The van der Waals surface area contributed by atoms with Gasteiger partial charge in [0, 0.05) is 44.1 Å². The normalized spacial score (nSPS) is 15.0. The van der Waals surface area contributed by atoms with E-state index in [1.807, 2.05) is 0 Å². The number of nitrogens with zero attached hydrogens (tertiary/aromatic N) is 1. The topological polar surface area (TPSA) is 115 Å². The largest absolute Gasteiger partial charge is 0.497 e. The highest BCUT2D eigenvalue weighted by Crippen LogP contribution is 2.22. The number of aliphatic hydroxyl groups is 1. The van der Waals surface area contributed by atoms with E-state index in [2.05, 4.69) is 4.98 Å². The summed E-state index contributed by atoms with van der Waals surface area (Å²) in [5, 5.41) is 20.0. The highest BCUT2D eigenvalue weighted by molar-refractivity contribution is 5.78. The molecule has 0 aliphatic carbocycles. The lowest BCUT2D eigenvalue weighted by atomic mass is 9.86. The predicted octanol–water partition coefficient (Wildman–Crippen LogP) is 0.982. The van der Waals surface area contributed by atoms with Crippen molar-refractivity contribution in [1.82, 2.24) is 4.98 Å². The quantitative estimate of drug-likeness (QED) is 0.519. The first kappa shape index (κ1) is 19.3. The minimum atomic E-state index is -2.05. The first-order chi connectivity index (χ1) is 10.9. The number of ether oxygens (including phenoxy) is 2. The van der Waals surface area contributed by atoms with E-state index in [9.17, 15) is 15.0 Å². The summed E-state index contributed by atoms with van der Waals surface area (Å²) < 4.78 is 10.0. The second-order valence-electron chi connectivity index (χ2n) is 5.54. The van der Waals surface area contributed by atoms with Crippen molar-refractivity contribution in [3.63, 3.8) is 0 Å². The first-order valence-corrected chi connectivity index (χ1v) is 7.63. The summed E-state index contributed by atoms with van der Waals surface area (Å²) in [6.45, 7) is 0.659. The van der Waals surface area contributed by atoms with E-state index in [-0.39, 0.29) is 6.42 Å². The average Bonchev–Trinajstić information content (AvgIpc) is 2.54. The third-order valence-corrected chi connectivity index (χ3v) is 3.82. The first-order valence-electron chi connectivity index (χ1n) is 7.63. The number of carbonyl (C=O) groups is 1. The molecule has 0 aromatic carbocycles. The molecule has 2 atom stereocenters. The molecule has 1 heterocycles. The van der Waals surface area contributed by atoms with Gasteiger partial charge in [-0.05, 0) is 18.9 Å². The number of nitrogens with two attached hydrogens (primary N) is 1. The van der Waals surface area contributed by atoms with Crippen LogP contribution in [0.15, 0.2) is 18.3 Å². The fourth-order valence-corrected chi connectivity index (χ4v) is 2.35. The molecule has 0 radical (unpaired) electrons. The molecule has 0 aliphatic rings. The van der Waals surface area contributed by atoms with Gasteiger partial charge in [0.15, 0.2) is 5.60 Å². The molecule has 0 amide bonds. The number of rotatable bonds is 11. The zero-order chi connectivity index (χ0) is 17.3. The van der Waals surface area contributed by atoms with E-state index in [0.717, 1.165) is 19.3 Å². The smallest absolute Gasteiger partial charge is 0.337 e. The van der Waals surface area contributed by atoms with E-state index in [1.165, 1.54) is 13.3 Å². The summed E-state index contributed by atoms with van der Waals surface area (Å²) in [6, 6.07) is 2.37. The van der Waals surface area contributed by atoms with Crippen molar-refractivity contribution in [1.29, 1.82) is 0 Å². The number of methoxy groups -OCH3 is 2. The lowest BCUT2D eigenvalue weighted by Crippen LogP contribution is -2.55. The van der Waals surface area contributed by atoms with Crippen LogP contribution in [0.2, 0.25) is 0 Å². The Kier molecular flexibility index (Phi) is 7.94. The van der Waals surface area contributed by atoms with Gasteiger partial charge in [-0.15, -0.1) is 0 Å². The number of carboxylic acid groups (broad SMARTS) is 1. The van der Waals surface area contributed by atoms with Crippen LogP contribution in [0.1, 0.15) is 31.4 Å². The Hall–Kier alpha value is -1.70. The summed E-state index contributed by atoms with van der Waals surface area (Å²) in [7, 11) is 3.14. The van der Waals surface area contributed by atoms with Crippen molar-refractivity contribution >= 4 is 5.97 Å². The minimum Gasteiger partial charge on any atom is -0.497 e. The number of carboxylic acids is 1. The van der Waals surface area contributed by atoms with Gasteiger partial charge < -0.3 is 25.4 Å². The van der Waals surface area contributed by atoms with Gasteiger partial charge >= 0.3 is 5.97 Å². The van der Waals surface area contributed by atoms with Crippen LogP contribution in [-0.4, -0.2) is 53.6 Å². The van der Waals surface area contributed by atoms with Crippen molar-refractivity contribution in [3.8, 4) is 5.75 Å². The Morgan fingerprint density at radius 3 is 2.74 bits per heavy atom. The lowest BCUT2D eigenvalue weighted by molar-refractivity contribution is -0.161. The molecule has 0 bridgehead atoms. The van der Waals surface area contributed by atoms with Gasteiger partial charge in [-0.25, -0.2) is 4.79 Å². The Bertz CT molecular complexity index is 497. The van der Waals surface area contributed by atoms with E-state index >= 15 is 0 Å². The number of hydrogen-bond donors (Lipinski definition) is 3. The summed E-state index contributed by atoms with van der Waals surface area (Å²) in [5.74, 6) is -0.789. The van der Waals surface area contributed by atoms with Crippen molar-refractivity contribution in [2.24, 2.45) is 5.73 Å². The maximum atomic E-state index is 11.5. The van der Waals surface area contributed by atoms with Crippen LogP contribution >= 0.6 is 0 Å². The molecular formula is C16H26N2O5. The average molecular weight is 326 g/mol. The van der Waals surface area contributed by atoms with Crippen molar-refractivity contribution in [2.45, 2.75) is 43.7 Å². The Balaban J connectivity index is 2.71. The molecule has 1 rings (SSSR count). The number of aliphatic carboxylic acids is 1. The van der Waals surface area contributed by atoms with Crippen LogP contribution in [0.3, 0.4) is 0 Å². The number of pyridine rings is 1. The Labute approximate surface area is 136 Å². The molecule has 0 spiro atoms. The van der Waals surface area contributed by atoms with Gasteiger partial charge in [0.05, 0.1) is 7.11 Å². The third-order valence-electron chi connectivity index (χ3n) is 3.82. The molecule has 4 N–H and O–H groups in total. The van der Waals surface area contributed by atoms with Crippen molar-refractivity contribution in [3.05, 3.63) is 24.0 Å². The molecule has 1 aromatic rings. The monoisotopic (exact) mass is 326 g/mol. The summed E-state index contributed by atoms with van der Waals surface area (Å²) in [4.78, 5) is 15.6. The number of hydrogen-bond acceptors (Lipinski definition) is 6. The Morgan fingerprint density at radius 1 is 1.39 bits per heavy atom. The van der Waals surface area contributed by atoms with Crippen molar-refractivity contribution in [2.75, 3.05) is 20.8 Å². The zero-order valence-corrected chi connectivity index (χ0v) is 13.7. The van der Waals surface area contributed by atoms with E-state index in [4.69, 9.17) is 15.2 Å². The minimum absolute atomic E-state index is 0.168. The van der Waals surface area contributed by atoms with Gasteiger partial charge in [0.2, 0.25) is 0 Å². The van der Waals surface area contributed by atoms with Gasteiger partial charge in [-0.2, -0.15) is 0 Å². The van der Waals surface area contributed by atoms with Gasteiger partial charge in [-0.3, -0.25) is 4.98 Å². The second kappa shape index (κ2) is 9.44. The zero-order valence-electron chi connectivity index (χ0n) is 13.7. The van der Waals surface area contributed by atoms with Crippen LogP contribution in [0, 0.1) is 0 Å². The number of unbranched alkanes of at least 4 members (excludes halogenated alkanes) is 2. The lowest BCUT2D eigenvalue weighted by Gasteiger charge is -2.29. The molecule has 130 valence electrons. The fourth-order valence-electron chi connectivity index (χ4n) is 2.35. The molecule has 0 unspecified atom stereocenters. The molecule has 1 aromatic heterocycles. The summed E-state index contributed by atoms with van der Waals surface area (Å²) in [6.07, 6.45) is 4.23. The third kappa shape index (κ3) is 5.78. The highest BCUT2D eigenvalue weighted by atomic mass is 16.5. The second-order valence-corrected chi connectivity index (χ2v) is 5.54. The molecule has 0 fully saturated rings. The van der Waals surface area contributed by atoms with Gasteiger partial charge in [-0.1, -0.05) is 12.8 Å². The fraction of sp³-hybridized carbons (Fsp3) is 0.625. The van der Waals surface area contributed by atoms with Gasteiger partial charge in [0.25, 0.3) is 0 Å². The summed E-state index contributed by atoms with van der Waals surface area (Å²) >= 11 is 0. The standard InChI is InChI=1S/C16H26N2O5/c1-22-9-5-3-4-6-14(17)16(21,15(19)20)11-12-10-13(23-2)7-8-18-12/h7-8,10,14,21H,3-6,9,11,17H2,1-2H3,(H,19,20)/t14-,16+/m0/s1. The van der Waals surface area contributed by atoms with Crippen LogP contribution in [0.25, 0.3) is 0 Å². The van der Waals surface area contributed by atoms with E-state index in [1.54, 1.807) is 19.2 Å². The van der Waals surface area contributed by atoms with Crippen LogP contribution < -0.4 is 10.5 Å². The maximum absolute atomic E-state index is 11.5. The molecular weight excluding hydrogens is 300 g/mol. The molecule has 23 heavy (non-hydrogen) atoms. The van der Waals surface area contributed by atoms with Crippen molar-refractivity contribution < 1.29 is 24.5 Å². The molecule has 0 aliphatic heterocycles. The molecule has 7 nitrogen and oxygen atoms in total. The number of aromatic nitrogens is 1. The summed E-state index contributed by atoms with van der Waals surface area (Å²) in [5.41, 5.74) is 4.33. The molecule has 0 saturated heterocycles. The van der Waals surface area contributed by atoms with E-state index in [0.29, 0.717) is 24.5 Å². The molecule has 0 saturated carbocycles. The SMILES string of the molecule is COCCCCC[C@H](N)[C@](O)(Cc1cc(OC)ccn1)C(=O)O.